The molecule has 2 saturated heterocycles. The van der Waals surface area contributed by atoms with Crippen LogP contribution in [0.1, 0.15) is 37.2 Å². The Balaban J connectivity index is 1.30. The average molecular weight is 361 g/mol. The van der Waals surface area contributed by atoms with Crippen molar-refractivity contribution in [2.45, 2.75) is 37.7 Å². The van der Waals surface area contributed by atoms with Gasteiger partial charge in [0.1, 0.15) is 5.82 Å². The number of benzene rings is 1. The molecule has 3 unspecified atom stereocenters. The minimum Gasteiger partial charge on any atom is -0.481 e. The number of hydrogen-bond donors (Lipinski definition) is 1. The van der Waals surface area contributed by atoms with E-state index in [4.69, 9.17) is 4.74 Å². The van der Waals surface area contributed by atoms with Crippen LogP contribution in [0.4, 0.5) is 4.39 Å². The van der Waals surface area contributed by atoms with Gasteiger partial charge in [0.25, 0.3) is 0 Å². The van der Waals surface area contributed by atoms with E-state index in [1.807, 2.05) is 4.90 Å². The van der Waals surface area contributed by atoms with Gasteiger partial charge in [-0.15, -0.1) is 0 Å². The molecule has 2 aliphatic heterocycles. The normalized spacial score (nSPS) is 31.8. The summed E-state index contributed by atoms with van der Waals surface area (Å²) in [5, 5.41) is 9.32. The van der Waals surface area contributed by atoms with E-state index in [1.54, 1.807) is 12.1 Å². The summed E-state index contributed by atoms with van der Waals surface area (Å²) in [5.74, 6) is -0.829. The fourth-order valence-electron chi connectivity index (χ4n) is 4.57. The lowest BCUT2D eigenvalue weighted by molar-refractivity contribution is -0.146. The van der Waals surface area contributed by atoms with E-state index in [-0.39, 0.29) is 35.6 Å². The van der Waals surface area contributed by atoms with Crippen LogP contribution in [-0.2, 0) is 14.3 Å². The number of nitrogens with zero attached hydrogens (tertiary/aromatic N) is 1. The molecule has 0 bridgehead atoms. The summed E-state index contributed by atoms with van der Waals surface area (Å²) in [5.41, 5.74) is 1.03. The molecule has 1 aliphatic carbocycles. The van der Waals surface area contributed by atoms with Crippen molar-refractivity contribution in [3.05, 3.63) is 35.6 Å². The van der Waals surface area contributed by atoms with Crippen molar-refractivity contribution >= 4 is 11.9 Å². The molecule has 3 fully saturated rings. The van der Waals surface area contributed by atoms with Crippen LogP contribution in [-0.4, -0.2) is 47.7 Å². The number of hydrogen-bond acceptors (Lipinski definition) is 3. The lowest BCUT2D eigenvalue weighted by Gasteiger charge is -2.35. The Bertz CT molecular complexity index is 684. The average Bonchev–Trinajstić information content (AvgIpc) is 3.28. The second kappa shape index (κ2) is 6.99. The molecule has 1 N–H and O–H groups in total. The first kappa shape index (κ1) is 17.5. The highest BCUT2D eigenvalue weighted by Gasteiger charge is 2.47. The SMILES string of the molecule is O=C(O)C1CCO[C@H]1C1CCN(C(=O)C2CC2c2ccc(F)cc2)CC1. The molecule has 5 nitrogen and oxygen atoms in total. The van der Waals surface area contributed by atoms with Crippen molar-refractivity contribution in [2.75, 3.05) is 19.7 Å². The van der Waals surface area contributed by atoms with Gasteiger partial charge < -0.3 is 14.7 Å². The topological polar surface area (TPSA) is 66.8 Å². The molecule has 0 radical (unpaired) electrons. The summed E-state index contributed by atoms with van der Waals surface area (Å²) in [7, 11) is 0. The number of piperidine rings is 1. The number of ether oxygens (including phenoxy) is 1. The summed E-state index contributed by atoms with van der Waals surface area (Å²) in [6.45, 7) is 1.85. The van der Waals surface area contributed by atoms with Gasteiger partial charge in [-0.2, -0.15) is 0 Å². The van der Waals surface area contributed by atoms with E-state index in [9.17, 15) is 19.1 Å². The number of carboxylic acid groups (broad SMARTS) is 1. The van der Waals surface area contributed by atoms with Crippen molar-refractivity contribution in [1.29, 1.82) is 0 Å². The zero-order chi connectivity index (χ0) is 18.3. The molecule has 140 valence electrons. The minimum absolute atomic E-state index is 0.00603. The van der Waals surface area contributed by atoms with Gasteiger partial charge >= 0.3 is 5.97 Å². The first-order valence-electron chi connectivity index (χ1n) is 9.43. The molecule has 6 heteroatoms. The van der Waals surface area contributed by atoms with Gasteiger partial charge in [0.2, 0.25) is 5.91 Å². The van der Waals surface area contributed by atoms with E-state index >= 15 is 0 Å². The lowest BCUT2D eigenvalue weighted by atomic mass is 9.84. The Morgan fingerprint density at radius 2 is 1.77 bits per heavy atom. The monoisotopic (exact) mass is 361 g/mol. The molecule has 26 heavy (non-hydrogen) atoms. The molecule has 1 aromatic rings. The Morgan fingerprint density at radius 3 is 2.42 bits per heavy atom. The smallest absolute Gasteiger partial charge is 0.309 e. The van der Waals surface area contributed by atoms with Crippen LogP contribution in [0.5, 0.6) is 0 Å². The van der Waals surface area contributed by atoms with Crippen molar-refractivity contribution in [3.63, 3.8) is 0 Å². The van der Waals surface area contributed by atoms with Crippen LogP contribution in [0.15, 0.2) is 24.3 Å². The number of rotatable bonds is 4. The number of carbonyl (C=O) groups excluding carboxylic acids is 1. The zero-order valence-electron chi connectivity index (χ0n) is 14.6. The third-order valence-corrected chi connectivity index (χ3v) is 6.17. The predicted molar refractivity (Wildman–Crippen MR) is 92.0 cm³/mol. The highest BCUT2D eigenvalue weighted by molar-refractivity contribution is 5.83. The van der Waals surface area contributed by atoms with Gasteiger partial charge in [0.05, 0.1) is 12.0 Å². The molecule has 2 heterocycles. The van der Waals surface area contributed by atoms with E-state index < -0.39 is 11.9 Å². The van der Waals surface area contributed by atoms with Crippen LogP contribution in [0.3, 0.4) is 0 Å². The van der Waals surface area contributed by atoms with Crippen LogP contribution in [0, 0.1) is 23.6 Å². The maximum absolute atomic E-state index is 13.0. The fourth-order valence-corrected chi connectivity index (χ4v) is 4.57. The third-order valence-electron chi connectivity index (χ3n) is 6.17. The molecule has 1 saturated carbocycles. The number of carbonyl (C=O) groups is 2. The number of aliphatic carboxylic acids is 1. The van der Waals surface area contributed by atoms with Gasteiger partial charge in [-0.25, -0.2) is 4.39 Å². The van der Waals surface area contributed by atoms with Crippen molar-refractivity contribution in [3.8, 4) is 0 Å². The standard InChI is InChI=1S/C20H24FNO4/c21-14-3-1-12(2-4-14)16-11-17(16)19(23)22-8-5-13(6-9-22)18-15(20(24)25)7-10-26-18/h1-4,13,15-18H,5-11H2,(H,24,25)/t15?,16?,17?,18-/m0/s1. The van der Waals surface area contributed by atoms with Crippen molar-refractivity contribution in [1.82, 2.24) is 4.90 Å². The van der Waals surface area contributed by atoms with Crippen LogP contribution >= 0.6 is 0 Å². The predicted octanol–water partition coefficient (Wildman–Crippen LogP) is 2.66. The Labute approximate surface area is 152 Å². The maximum atomic E-state index is 13.0. The fraction of sp³-hybridized carbons (Fsp3) is 0.600. The Hall–Kier alpha value is -1.95. The molecule has 1 amide bonds. The zero-order valence-corrected chi connectivity index (χ0v) is 14.6. The maximum Gasteiger partial charge on any atom is 0.309 e. The molecule has 0 spiro atoms. The Kier molecular flexibility index (Phi) is 4.69. The summed E-state index contributed by atoms with van der Waals surface area (Å²) < 4.78 is 18.7. The number of amides is 1. The van der Waals surface area contributed by atoms with E-state index in [2.05, 4.69) is 0 Å². The van der Waals surface area contributed by atoms with Gasteiger partial charge in [0, 0.05) is 25.6 Å². The highest BCUT2D eigenvalue weighted by Crippen LogP contribution is 2.49. The highest BCUT2D eigenvalue weighted by atomic mass is 19.1. The summed E-state index contributed by atoms with van der Waals surface area (Å²) in [4.78, 5) is 26.0. The molecular weight excluding hydrogens is 337 g/mol. The Morgan fingerprint density at radius 1 is 1.08 bits per heavy atom. The van der Waals surface area contributed by atoms with Crippen molar-refractivity contribution < 1.29 is 23.8 Å². The van der Waals surface area contributed by atoms with E-state index in [1.165, 1.54) is 12.1 Å². The van der Waals surface area contributed by atoms with Gasteiger partial charge in [-0.3, -0.25) is 9.59 Å². The molecular formula is C20H24FNO4. The largest absolute Gasteiger partial charge is 0.481 e. The number of halogens is 1. The minimum atomic E-state index is -0.772. The van der Waals surface area contributed by atoms with Crippen molar-refractivity contribution in [2.24, 2.45) is 17.8 Å². The van der Waals surface area contributed by atoms with Crippen LogP contribution in [0.25, 0.3) is 0 Å². The van der Waals surface area contributed by atoms with Crippen LogP contribution < -0.4 is 0 Å². The lowest BCUT2D eigenvalue weighted by Crippen LogP contribution is -2.44. The molecule has 4 atom stereocenters. The molecule has 1 aromatic carbocycles. The summed E-state index contributed by atoms with van der Waals surface area (Å²) in [6.07, 6.45) is 2.80. The second-order valence-electron chi connectivity index (χ2n) is 7.73. The quantitative estimate of drug-likeness (QED) is 0.895. The van der Waals surface area contributed by atoms with Gasteiger partial charge in [-0.1, -0.05) is 12.1 Å². The van der Waals surface area contributed by atoms with E-state index in [0.29, 0.717) is 26.1 Å². The summed E-state index contributed by atoms with van der Waals surface area (Å²) >= 11 is 0. The first-order chi connectivity index (χ1) is 12.5. The third kappa shape index (κ3) is 3.34. The van der Waals surface area contributed by atoms with Gasteiger partial charge in [-0.05, 0) is 55.2 Å². The number of likely N-dealkylation sites (tertiary alicyclic amines) is 1. The van der Waals surface area contributed by atoms with Crippen LogP contribution in [0.2, 0.25) is 0 Å². The first-order valence-corrected chi connectivity index (χ1v) is 9.43. The van der Waals surface area contributed by atoms with Gasteiger partial charge in [0.15, 0.2) is 0 Å². The molecule has 4 rings (SSSR count). The summed E-state index contributed by atoms with van der Waals surface area (Å²) in [6, 6.07) is 6.42. The number of carboxylic acids is 1. The molecule has 3 aliphatic rings. The van der Waals surface area contributed by atoms with E-state index in [0.717, 1.165) is 24.8 Å². The molecule has 0 aromatic heterocycles. The second-order valence-corrected chi connectivity index (χ2v) is 7.73.